The van der Waals surface area contributed by atoms with E-state index >= 15 is 0 Å². The summed E-state index contributed by atoms with van der Waals surface area (Å²) in [5.74, 6) is 1.82. The number of hydrogen-bond acceptors (Lipinski definition) is 4. The predicted molar refractivity (Wildman–Crippen MR) is 92.8 cm³/mol. The Balaban J connectivity index is 1.72. The van der Waals surface area contributed by atoms with Crippen molar-refractivity contribution in [3.05, 3.63) is 28.8 Å². The molecule has 25 heavy (non-hydrogen) atoms. The number of ether oxygens (including phenoxy) is 1. The molecule has 3 aliphatic rings. The average Bonchev–Trinajstić information content (AvgIpc) is 2.89. The topological polar surface area (TPSA) is 60.4 Å². The molecule has 132 valence electrons. The number of hydrogen-bond donors (Lipinski definition) is 0. The van der Waals surface area contributed by atoms with Gasteiger partial charge in [-0.15, -0.1) is 0 Å². The zero-order chi connectivity index (χ0) is 17.8. The number of carbonyl (C=O) groups excluding carboxylic acids is 3. The summed E-state index contributed by atoms with van der Waals surface area (Å²) < 4.78 is 5.22. The van der Waals surface area contributed by atoms with Gasteiger partial charge >= 0.3 is 5.97 Å². The second-order valence-electron chi connectivity index (χ2n) is 8.13. The van der Waals surface area contributed by atoms with Gasteiger partial charge in [-0.25, -0.2) is 0 Å². The first kappa shape index (κ1) is 16.5. The number of rotatable bonds is 2. The lowest BCUT2D eigenvalue weighted by Gasteiger charge is -2.48. The van der Waals surface area contributed by atoms with E-state index < -0.39 is 5.97 Å². The van der Waals surface area contributed by atoms with Gasteiger partial charge in [-0.3, -0.25) is 14.4 Å². The van der Waals surface area contributed by atoms with Crippen molar-refractivity contribution in [1.29, 1.82) is 0 Å². The molecule has 4 atom stereocenters. The minimum absolute atomic E-state index is 0.135. The number of aldehydes is 1. The molecule has 0 amide bonds. The Morgan fingerprint density at radius 1 is 1.24 bits per heavy atom. The molecule has 0 aromatic heterocycles. The molecule has 4 rings (SSSR count). The zero-order valence-electron chi connectivity index (χ0n) is 14.8. The van der Waals surface area contributed by atoms with Crippen molar-refractivity contribution in [2.45, 2.75) is 58.3 Å². The van der Waals surface area contributed by atoms with Crippen molar-refractivity contribution in [3.63, 3.8) is 0 Å². The fourth-order valence-corrected chi connectivity index (χ4v) is 5.72. The monoisotopic (exact) mass is 340 g/mol. The van der Waals surface area contributed by atoms with Gasteiger partial charge in [0.15, 0.2) is 6.29 Å². The van der Waals surface area contributed by atoms with Crippen molar-refractivity contribution in [3.8, 4) is 5.75 Å². The SMILES string of the molecule is CC(=O)Oc1cc2c(cc1C=O)[C@H]1CC[C@]3(C)C(=O)CC[C@H]3[C@@H]1CC2. The molecule has 2 fully saturated rings. The molecule has 0 bridgehead atoms. The third-order valence-electron chi connectivity index (χ3n) is 6.94. The van der Waals surface area contributed by atoms with E-state index in [4.69, 9.17) is 4.74 Å². The fraction of sp³-hybridized carbons (Fsp3) is 0.571. The van der Waals surface area contributed by atoms with Crippen LogP contribution in [0, 0.1) is 17.3 Å². The van der Waals surface area contributed by atoms with Crippen LogP contribution in [0.2, 0.25) is 0 Å². The van der Waals surface area contributed by atoms with Crippen LogP contribution in [0.15, 0.2) is 12.1 Å². The highest BCUT2D eigenvalue weighted by Gasteiger charge is 2.54. The summed E-state index contributed by atoms with van der Waals surface area (Å²) in [7, 11) is 0. The third kappa shape index (κ3) is 2.45. The molecule has 4 heteroatoms. The number of esters is 1. The maximum atomic E-state index is 12.4. The van der Waals surface area contributed by atoms with Gasteiger partial charge in [0.05, 0.1) is 5.56 Å². The summed E-state index contributed by atoms with van der Waals surface area (Å²) in [6, 6.07) is 3.81. The number of fused-ring (bicyclic) bond motifs is 5. The third-order valence-corrected chi connectivity index (χ3v) is 6.94. The van der Waals surface area contributed by atoms with Crippen LogP contribution in [-0.4, -0.2) is 18.0 Å². The van der Waals surface area contributed by atoms with Crippen molar-refractivity contribution >= 4 is 18.0 Å². The Labute approximate surface area is 147 Å². The summed E-state index contributed by atoms with van der Waals surface area (Å²) in [5.41, 5.74) is 2.74. The van der Waals surface area contributed by atoms with Gasteiger partial charge in [0, 0.05) is 18.8 Å². The lowest BCUT2D eigenvalue weighted by atomic mass is 9.55. The Bertz CT molecular complexity index is 765. The summed E-state index contributed by atoms with van der Waals surface area (Å²) in [6.45, 7) is 3.52. The van der Waals surface area contributed by atoms with Crippen molar-refractivity contribution in [2.75, 3.05) is 0 Å². The molecule has 0 heterocycles. The summed E-state index contributed by atoms with van der Waals surface area (Å²) >= 11 is 0. The van der Waals surface area contributed by atoms with E-state index in [9.17, 15) is 14.4 Å². The van der Waals surface area contributed by atoms with Gasteiger partial charge in [-0.2, -0.15) is 0 Å². The molecule has 1 aromatic rings. The molecule has 0 radical (unpaired) electrons. The first-order valence-electron chi connectivity index (χ1n) is 9.27. The van der Waals surface area contributed by atoms with Gasteiger partial charge in [0.25, 0.3) is 0 Å². The quantitative estimate of drug-likeness (QED) is 0.466. The summed E-state index contributed by atoms with van der Waals surface area (Å²) in [5, 5.41) is 0. The van der Waals surface area contributed by atoms with Crippen LogP contribution in [0.3, 0.4) is 0 Å². The standard InChI is InChI=1S/C21H24O4/c1-12(23)25-19-10-13-3-4-16-15(17(13)9-14(19)11-22)7-8-21(2)18(16)5-6-20(21)24/h9-11,15-16,18H,3-8H2,1-2H3/t15-,16+,18-,21-/m0/s1. The average molecular weight is 340 g/mol. The minimum Gasteiger partial charge on any atom is -0.426 e. The second kappa shape index (κ2) is 5.79. The normalized spacial score (nSPS) is 33.2. The van der Waals surface area contributed by atoms with Crippen molar-refractivity contribution in [2.24, 2.45) is 17.3 Å². The first-order valence-corrected chi connectivity index (χ1v) is 9.27. The van der Waals surface area contributed by atoms with E-state index in [1.54, 1.807) is 0 Å². The number of carbonyl (C=O) groups is 3. The Kier molecular flexibility index (Phi) is 3.82. The van der Waals surface area contributed by atoms with Crippen LogP contribution in [-0.2, 0) is 16.0 Å². The Morgan fingerprint density at radius 2 is 2.04 bits per heavy atom. The largest absolute Gasteiger partial charge is 0.426 e. The maximum Gasteiger partial charge on any atom is 0.308 e. The molecule has 3 aliphatic carbocycles. The zero-order valence-corrected chi connectivity index (χ0v) is 14.8. The highest BCUT2D eigenvalue weighted by atomic mass is 16.5. The molecule has 4 nitrogen and oxygen atoms in total. The molecule has 0 unspecified atom stereocenters. The van der Waals surface area contributed by atoms with Crippen LogP contribution in [0.5, 0.6) is 5.75 Å². The molecule has 1 aromatic carbocycles. The van der Waals surface area contributed by atoms with Crippen molar-refractivity contribution in [1.82, 2.24) is 0 Å². The van der Waals surface area contributed by atoms with Crippen LogP contribution in [0.1, 0.15) is 73.4 Å². The summed E-state index contributed by atoms with van der Waals surface area (Å²) in [4.78, 5) is 35.2. The van der Waals surface area contributed by atoms with Crippen LogP contribution >= 0.6 is 0 Å². The molecule has 0 spiro atoms. The van der Waals surface area contributed by atoms with Crippen molar-refractivity contribution < 1.29 is 19.1 Å². The van der Waals surface area contributed by atoms with Gasteiger partial charge in [0.1, 0.15) is 11.5 Å². The van der Waals surface area contributed by atoms with Gasteiger partial charge < -0.3 is 4.74 Å². The predicted octanol–water partition coefficient (Wildman–Crippen LogP) is 3.85. The molecule has 2 saturated carbocycles. The van der Waals surface area contributed by atoms with Crippen LogP contribution in [0.25, 0.3) is 0 Å². The minimum atomic E-state index is -0.408. The smallest absolute Gasteiger partial charge is 0.308 e. The number of Topliss-reactive ketones (excluding diaryl/α,β-unsaturated/α-hetero) is 1. The van der Waals surface area contributed by atoms with E-state index in [2.05, 4.69) is 6.92 Å². The van der Waals surface area contributed by atoms with E-state index in [0.717, 1.165) is 44.8 Å². The van der Waals surface area contributed by atoms with Crippen LogP contribution in [0.4, 0.5) is 0 Å². The van der Waals surface area contributed by atoms with Gasteiger partial charge in [-0.05, 0) is 73.1 Å². The fourth-order valence-electron chi connectivity index (χ4n) is 5.72. The summed E-state index contributed by atoms with van der Waals surface area (Å²) in [6.07, 6.45) is 6.45. The van der Waals surface area contributed by atoms with Gasteiger partial charge in [-0.1, -0.05) is 6.92 Å². The Morgan fingerprint density at radius 3 is 2.76 bits per heavy atom. The molecule has 0 saturated heterocycles. The van der Waals surface area contributed by atoms with E-state index in [-0.39, 0.29) is 5.41 Å². The Hall–Kier alpha value is -1.97. The molecule has 0 aliphatic heterocycles. The number of aryl methyl sites for hydroxylation is 1. The van der Waals surface area contributed by atoms with Crippen LogP contribution < -0.4 is 4.74 Å². The maximum absolute atomic E-state index is 12.4. The molecular formula is C21H24O4. The highest BCUT2D eigenvalue weighted by Crippen LogP contribution is 2.59. The van der Waals surface area contributed by atoms with Gasteiger partial charge in [0.2, 0.25) is 0 Å². The lowest BCUT2D eigenvalue weighted by molar-refractivity contribution is -0.132. The first-order chi connectivity index (χ1) is 11.9. The second-order valence-corrected chi connectivity index (χ2v) is 8.13. The number of benzene rings is 1. The van der Waals surface area contributed by atoms with E-state index in [1.165, 1.54) is 18.1 Å². The highest BCUT2D eigenvalue weighted by molar-refractivity contribution is 5.87. The van der Waals surface area contributed by atoms with E-state index in [0.29, 0.717) is 34.8 Å². The molecular weight excluding hydrogens is 316 g/mol. The number of ketones is 1. The van der Waals surface area contributed by atoms with E-state index in [1.807, 2.05) is 12.1 Å². The molecule has 0 N–H and O–H groups in total. The lowest BCUT2D eigenvalue weighted by Crippen LogP contribution is -2.42.